The van der Waals surface area contributed by atoms with Gasteiger partial charge in [0.2, 0.25) is 0 Å². The van der Waals surface area contributed by atoms with Crippen molar-refractivity contribution in [1.82, 2.24) is 0 Å². The number of carboxylic acid groups (broad SMARTS) is 1. The van der Waals surface area contributed by atoms with Crippen molar-refractivity contribution in [2.45, 2.75) is 32.4 Å². The molecule has 0 radical (unpaired) electrons. The summed E-state index contributed by atoms with van der Waals surface area (Å²) in [6.45, 7) is 1.63. The third-order valence-electron chi connectivity index (χ3n) is 6.37. The Hall–Kier alpha value is -4.21. The predicted octanol–water partition coefficient (Wildman–Crippen LogP) is 6.77. The first-order valence-corrected chi connectivity index (χ1v) is 11.3. The molecule has 0 heterocycles. The average Bonchev–Trinajstić information content (AvgIpc) is 2.81. The summed E-state index contributed by atoms with van der Waals surface area (Å²) in [4.78, 5) is 36.3. The van der Waals surface area contributed by atoms with Gasteiger partial charge in [0.25, 0.3) is 0 Å². The second kappa shape index (κ2) is 9.68. The maximum atomic E-state index is 14.9. The molecule has 10 heteroatoms. The second-order valence-electron chi connectivity index (χ2n) is 9.18. The van der Waals surface area contributed by atoms with E-state index in [0.717, 1.165) is 24.3 Å². The van der Waals surface area contributed by atoms with E-state index in [9.17, 15) is 31.9 Å². The molecule has 3 N–H and O–H groups in total. The van der Waals surface area contributed by atoms with Crippen molar-refractivity contribution in [3.05, 3.63) is 83.2 Å². The quantitative estimate of drug-likeness (QED) is 0.328. The van der Waals surface area contributed by atoms with Crippen molar-refractivity contribution in [3.63, 3.8) is 0 Å². The molecule has 0 spiro atoms. The fourth-order valence-electron chi connectivity index (χ4n) is 4.43. The minimum Gasteiger partial charge on any atom is -0.481 e. The minimum absolute atomic E-state index is 0.0764. The molecule has 37 heavy (non-hydrogen) atoms. The van der Waals surface area contributed by atoms with Crippen molar-refractivity contribution in [2.75, 3.05) is 10.6 Å². The molecule has 0 saturated carbocycles. The van der Waals surface area contributed by atoms with Gasteiger partial charge in [0, 0.05) is 27.9 Å². The molecule has 3 aromatic carbocycles. The number of urea groups is 1. The molecular weight excluding hydrogens is 492 g/mol. The summed E-state index contributed by atoms with van der Waals surface area (Å²) in [5.41, 5.74) is -0.0530. The van der Waals surface area contributed by atoms with Crippen LogP contribution in [0.25, 0.3) is 11.1 Å². The monoisotopic (exact) mass is 514 g/mol. The van der Waals surface area contributed by atoms with Gasteiger partial charge in [-0.3, -0.25) is 9.59 Å². The van der Waals surface area contributed by atoms with Crippen LogP contribution in [0.5, 0.6) is 0 Å². The van der Waals surface area contributed by atoms with Gasteiger partial charge in [0.05, 0.1) is 12.0 Å². The van der Waals surface area contributed by atoms with E-state index in [0.29, 0.717) is 29.5 Å². The lowest BCUT2D eigenvalue weighted by molar-refractivity contribution is -0.139. The standard InChI is InChI=1S/C27H22F4N2O4/c1-26(14-23(34)35)10-9-16-11-15(5-7-21(16)24(26)36)20-8-6-19(13-22(20)28)33-25(37)32-18-4-2-3-17(12-18)27(29,30)31/h2-8,11-13H,9-10,14H2,1H3,(H,34,35)(H2,32,33,37). The van der Waals surface area contributed by atoms with Gasteiger partial charge < -0.3 is 15.7 Å². The third kappa shape index (κ3) is 5.63. The summed E-state index contributed by atoms with van der Waals surface area (Å²) in [6.07, 6.45) is -4.00. The molecule has 4 rings (SSSR count). The van der Waals surface area contributed by atoms with E-state index >= 15 is 0 Å². The maximum absolute atomic E-state index is 14.9. The molecule has 0 aliphatic heterocycles. The number of aliphatic carboxylic acids is 1. The summed E-state index contributed by atoms with van der Waals surface area (Å²) in [5.74, 6) is -1.96. The highest BCUT2D eigenvalue weighted by Gasteiger charge is 2.40. The molecule has 0 bridgehead atoms. The van der Waals surface area contributed by atoms with Gasteiger partial charge in [-0.05, 0) is 60.4 Å². The van der Waals surface area contributed by atoms with Crippen LogP contribution in [-0.2, 0) is 17.4 Å². The smallest absolute Gasteiger partial charge is 0.416 e. The van der Waals surface area contributed by atoms with Crippen LogP contribution in [0.1, 0.15) is 41.3 Å². The number of carboxylic acids is 1. The Labute approximate surface area is 209 Å². The molecular formula is C27H22F4N2O4. The number of amides is 2. The highest BCUT2D eigenvalue weighted by molar-refractivity contribution is 6.04. The zero-order chi connectivity index (χ0) is 27.0. The number of aryl methyl sites for hydroxylation is 1. The lowest BCUT2D eigenvalue weighted by Gasteiger charge is -2.32. The Bertz CT molecular complexity index is 1400. The zero-order valence-corrected chi connectivity index (χ0v) is 19.6. The largest absolute Gasteiger partial charge is 0.481 e. The molecule has 0 fully saturated rings. The fourth-order valence-corrected chi connectivity index (χ4v) is 4.43. The van der Waals surface area contributed by atoms with Crippen LogP contribution in [0.4, 0.5) is 33.7 Å². The topological polar surface area (TPSA) is 95.5 Å². The summed E-state index contributed by atoms with van der Waals surface area (Å²) < 4.78 is 53.5. The summed E-state index contributed by atoms with van der Waals surface area (Å²) in [6, 6.07) is 12.1. The molecule has 192 valence electrons. The van der Waals surface area contributed by atoms with Crippen molar-refractivity contribution >= 4 is 29.2 Å². The number of carbonyl (C=O) groups excluding carboxylic acids is 2. The number of anilines is 2. The number of benzene rings is 3. The number of nitrogens with one attached hydrogen (secondary N) is 2. The number of ketones is 1. The zero-order valence-electron chi connectivity index (χ0n) is 19.6. The van der Waals surface area contributed by atoms with Gasteiger partial charge in [-0.1, -0.05) is 31.2 Å². The van der Waals surface area contributed by atoms with Crippen LogP contribution in [0.2, 0.25) is 0 Å². The first-order valence-electron chi connectivity index (χ1n) is 11.3. The van der Waals surface area contributed by atoms with E-state index in [1.807, 2.05) is 0 Å². The lowest BCUT2D eigenvalue weighted by Crippen LogP contribution is -2.35. The highest BCUT2D eigenvalue weighted by Crippen LogP contribution is 2.39. The van der Waals surface area contributed by atoms with Gasteiger partial charge in [0.1, 0.15) is 5.82 Å². The van der Waals surface area contributed by atoms with Crippen LogP contribution in [0.3, 0.4) is 0 Å². The maximum Gasteiger partial charge on any atom is 0.416 e. The van der Waals surface area contributed by atoms with Crippen LogP contribution in [0.15, 0.2) is 60.7 Å². The van der Waals surface area contributed by atoms with Crippen molar-refractivity contribution < 1.29 is 37.1 Å². The van der Waals surface area contributed by atoms with Crippen molar-refractivity contribution in [3.8, 4) is 11.1 Å². The van der Waals surface area contributed by atoms with E-state index in [4.69, 9.17) is 5.11 Å². The van der Waals surface area contributed by atoms with Gasteiger partial charge in [-0.2, -0.15) is 13.2 Å². The Morgan fingerprint density at radius 1 is 0.973 bits per heavy atom. The number of Topliss-reactive ketones (excluding diaryl/α,β-unsaturated/α-hetero) is 1. The van der Waals surface area contributed by atoms with Crippen molar-refractivity contribution in [1.29, 1.82) is 0 Å². The summed E-state index contributed by atoms with van der Waals surface area (Å²) in [5, 5.41) is 13.8. The lowest BCUT2D eigenvalue weighted by atomic mass is 9.69. The summed E-state index contributed by atoms with van der Waals surface area (Å²) in [7, 11) is 0. The number of rotatable bonds is 5. The van der Waals surface area contributed by atoms with Crippen LogP contribution >= 0.6 is 0 Å². The van der Waals surface area contributed by atoms with E-state index in [1.165, 1.54) is 18.2 Å². The molecule has 1 aliphatic rings. The SMILES string of the molecule is CC1(CC(=O)O)CCc2cc(-c3ccc(NC(=O)Nc4cccc(C(F)(F)F)c4)cc3F)ccc2C1=O. The fraction of sp³-hybridized carbons (Fsp3) is 0.222. The average molecular weight is 514 g/mol. The predicted molar refractivity (Wildman–Crippen MR) is 129 cm³/mol. The third-order valence-corrected chi connectivity index (χ3v) is 6.37. The Morgan fingerprint density at radius 3 is 2.30 bits per heavy atom. The number of halogens is 4. The molecule has 3 aromatic rings. The molecule has 6 nitrogen and oxygen atoms in total. The number of hydrogen-bond donors (Lipinski definition) is 3. The van der Waals surface area contributed by atoms with Crippen LogP contribution in [0, 0.1) is 11.2 Å². The molecule has 1 unspecified atom stereocenters. The molecule has 1 atom stereocenters. The van der Waals surface area contributed by atoms with Crippen molar-refractivity contribution in [2.24, 2.45) is 5.41 Å². The Balaban J connectivity index is 1.48. The summed E-state index contributed by atoms with van der Waals surface area (Å²) >= 11 is 0. The van der Waals surface area contributed by atoms with Crippen LogP contribution < -0.4 is 10.6 Å². The first kappa shape index (κ1) is 25.9. The molecule has 1 aliphatic carbocycles. The van der Waals surface area contributed by atoms with E-state index in [2.05, 4.69) is 10.6 Å². The number of alkyl halides is 3. The number of fused-ring (bicyclic) bond motifs is 1. The number of hydrogen-bond acceptors (Lipinski definition) is 3. The normalized spacial score (nSPS) is 17.2. The van der Waals surface area contributed by atoms with Gasteiger partial charge >= 0.3 is 18.2 Å². The van der Waals surface area contributed by atoms with E-state index in [1.54, 1.807) is 25.1 Å². The highest BCUT2D eigenvalue weighted by atomic mass is 19.4. The Kier molecular flexibility index (Phi) is 6.77. The second-order valence-corrected chi connectivity index (χ2v) is 9.18. The minimum atomic E-state index is -4.56. The molecule has 0 aromatic heterocycles. The number of carbonyl (C=O) groups is 3. The first-order chi connectivity index (χ1) is 17.4. The van der Waals surface area contributed by atoms with E-state index in [-0.39, 0.29) is 29.1 Å². The van der Waals surface area contributed by atoms with Crippen LogP contribution in [-0.4, -0.2) is 22.9 Å². The molecule has 2 amide bonds. The van der Waals surface area contributed by atoms with E-state index < -0.39 is 35.0 Å². The van der Waals surface area contributed by atoms with Gasteiger partial charge in [-0.15, -0.1) is 0 Å². The van der Waals surface area contributed by atoms with Gasteiger partial charge in [-0.25, -0.2) is 9.18 Å². The Morgan fingerprint density at radius 2 is 1.65 bits per heavy atom. The molecule has 0 saturated heterocycles. The van der Waals surface area contributed by atoms with Gasteiger partial charge in [0.15, 0.2) is 5.78 Å².